The van der Waals surface area contributed by atoms with Gasteiger partial charge in [0.25, 0.3) is 0 Å². The van der Waals surface area contributed by atoms with Crippen molar-refractivity contribution in [3.8, 4) is 0 Å². The van der Waals surface area contributed by atoms with Crippen molar-refractivity contribution in [1.29, 1.82) is 0 Å². The number of piperazine rings is 1. The van der Waals surface area contributed by atoms with E-state index in [1.807, 2.05) is 30.3 Å². The Bertz CT molecular complexity index is 644. The van der Waals surface area contributed by atoms with Crippen LogP contribution in [0.5, 0.6) is 0 Å². The van der Waals surface area contributed by atoms with Gasteiger partial charge in [-0.15, -0.1) is 0 Å². The summed E-state index contributed by atoms with van der Waals surface area (Å²) in [5.41, 5.74) is 1.08. The number of hydrogen-bond donors (Lipinski definition) is 1. The van der Waals surface area contributed by atoms with Gasteiger partial charge in [-0.2, -0.15) is 0 Å². The van der Waals surface area contributed by atoms with Crippen LogP contribution in [0.1, 0.15) is 44.6 Å². The van der Waals surface area contributed by atoms with Crippen LogP contribution in [-0.2, 0) is 16.1 Å². The first-order valence-corrected chi connectivity index (χ1v) is 11.2. The summed E-state index contributed by atoms with van der Waals surface area (Å²) in [7, 11) is 0. The van der Waals surface area contributed by atoms with E-state index in [9.17, 15) is 9.59 Å². The highest BCUT2D eigenvalue weighted by Gasteiger charge is 2.31. The smallest absolute Gasteiger partial charge is 0.242 e. The highest BCUT2D eigenvalue weighted by atomic mass is 16.2. The van der Waals surface area contributed by atoms with Crippen LogP contribution in [0.2, 0.25) is 0 Å². The van der Waals surface area contributed by atoms with E-state index < -0.39 is 0 Å². The van der Waals surface area contributed by atoms with E-state index in [4.69, 9.17) is 0 Å². The zero-order valence-corrected chi connectivity index (χ0v) is 17.8. The van der Waals surface area contributed by atoms with Gasteiger partial charge in [0.2, 0.25) is 11.8 Å². The van der Waals surface area contributed by atoms with Crippen LogP contribution in [0.15, 0.2) is 30.3 Å². The number of hydrogen-bond acceptors (Lipinski definition) is 4. The predicted molar refractivity (Wildman–Crippen MR) is 115 cm³/mol. The Morgan fingerprint density at radius 3 is 2.52 bits per heavy atom. The van der Waals surface area contributed by atoms with Gasteiger partial charge >= 0.3 is 0 Å². The molecule has 2 amide bonds. The molecule has 0 radical (unpaired) electrons. The van der Waals surface area contributed by atoms with E-state index in [-0.39, 0.29) is 17.9 Å². The predicted octanol–water partition coefficient (Wildman–Crippen LogP) is 2.10. The minimum absolute atomic E-state index is 0.00647. The van der Waals surface area contributed by atoms with E-state index in [0.717, 1.165) is 70.5 Å². The zero-order valence-electron chi connectivity index (χ0n) is 17.8. The Balaban J connectivity index is 1.47. The molecular formula is C23H36N4O2. The van der Waals surface area contributed by atoms with Gasteiger partial charge in [-0.25, -0.2) is 0 Å². The summed E-state index contributed by atoms with van der Waals surface area (Å²) >= 11 is 0. The molecule has 2 saturated heterocycles. The van der Waals surface area contributed by atoms with Crippen molar-refractivity contribution >= 4 is 11.8 Å². The molecule has 1 N–H and O–H groups in total. The molecule has 2 heterocycles. The molecule has 1 aromatic rings. The average Bonchev–Trinajstić information content (AvgIpc) is 2.94. The summed E-state index contributed by atoms with van der Waals surface area (Å²) in [6.07, 6.45) is 4.05. The number of nitrogens with zero attached hydrogens (tertiary/aromatic N) is 3. The number of nitrogens with one attached hydrogen (secondary N) is 1. The van der Waals surface area contributed by atoms with Gasteiger partial charge in [-0.1, -0.05) is 43.7 Å². The molecule has 0 aliphatic carbocycles. The number of benzene rings is 1. The van der Waals surface area contributed by atoms with Crippen LogP contribution in [0.25, 0.3) is 0 Å². The van der Waals surface area contributed by atoms with Crippen LogP contribution < -0.4 is 5.32 Å². The third kappa shape index (κ3) is 6.54. The van der Waals surface area contributed by atoms with Crippen LogP contribution in [-0.4, -0.2) is 78.4 Å². The highest BCUT2D eigenvalue weighted by molar-refractivity contribution is 5.88. The molecule has 1 aromatic carbocycles. The van der Waals surface area contributed by atoms with E-state index in [1.165, 1.54) is 0 Å². The molecule has 2 fully saturated rings. The van der Waals surface area contributed by atoms with Crippen molar-refractivity contribution < 1.29 is 9.59 Å². The Kier molecular flexibility index (Phi) is 8.50. The third-order valence-electron chi connectivity index (χ3n) is 6.18. The summed E-state index contributed by atoms with van der Waals surface area (Å²) in [5.74, 6) is 0.104. The van der Waals surface area contributed by atoms with E-state index >= 15 is 0 Å². The summed E-state index contributed by atoms with van der Waals surface area (Å²) < 4.78 is 0. The quantitative estimate of drug-likeness (QED) is 0.679. The molecule has 3 rings (SSSR count). The first kappa shape index (κ1) is 21.8. The molecule has 0 bridgehead atoms. The van der Waals surface area contributed by atoms with Crippen LogP contribution in [0.3, 0.4) is 0 Å². The van der Waals surface area contributed by atoms with Gasteiger partial charge in [0, 0.05) is 45.7 Å². The van der Waals surface area contributed by atoms with Gasteiger partial charge in [0.1, 0.15) is 6.04 Å². The maximum absolute atomic E-state index is 12.9. The lowest BCUT2D eigenvalue weighted by molar-refractivity contribution is -0.140. The number of carbonyl (C=O) groups is 2. The zero-order chi connectivity index (χ0) is 20.5. The molecule has 2 aliphatic heterocycles. The summed E-state index contributed by atoms with van der Waals surface area (Å²) in [6, 6.07) is 9.62. The Hall–Kier alpha value is -1.92. The first-order chi connectivity index (χ1) is 14.2. The van der Waals surface area contributed by atoms with Crippen molar-refractivity contribution in [2.45, 2.75) is 51.6 Å². The molecular weight excluding hydrogens is 364 g/mol. The topological polar surface area (TPSA) is 55.9 Å². The number of amides is 2. The van der Waals surface area contributed by atoms with Gasteiger partial charge in [-0.3, -0.25) is 9.59 Å². The second kappa shape index (κ2) is 11.3. The lowest BCUT2D eigenvalue weighted by Gasteiger charge is -2.34. The molecule has 1 unspecified atom stereocenters. The van der Waals surface area contributed by atoms with Crippen molar-refractivity contribution in [2.24, 2.45) is 0 Å². The van der Waals surface area contributed by atoms with E-state index in [1.54, 1.807) is 4.90 Å². The normalized spacial score (nSPS) is 21.8. The van der Waals surface area contributed by atoms with Crippen molar-refractivity contribution in [3.05, 3.63) is 35.9 Å². The summed E-state index contributed by atoms with van der Waals surface area (Å²) in [6.45, 7) is 10.1. The summed E-state index contributed by atoms with van der Waals surface area (Å²) in [5, 5.41) is 3.11. The monoisotopic (exact) mass is 400 g/mol. The second-order valence-electron chi connectivity index (χ2n) is 8.19. The maximum Gasteiger partial charge on any atom is 0.242 e. The fourth-order valence-electron chi connectivity index (χ4n) is 4.30. The van der Waals surface area contributed by atoms with Crippen LogP contribution >= 0.6 is 0 Å². The SMILES string of the molecule is CCN1CCN(CCCNC(=O)C2CCCCC(=O)N2Cc2ccccc2)CC1. The first-order valence-electron chi connectivity index (χ1n) is 11.2. The van der Waals surface area contributed by atoms with Gasteiger partial charge in [-0.05, 0) is 37.9 Å². The number of likely N-dealkylation sites (tertiary alicyclic amines) is 1. The fraction of sp³-hybridized carbons (Fsp3) is 0.652. The molecule has 0 spiro atoms. The summed E-state index contributed by atoms with van der Waals surface area (Å²) in [4.78, 5) is 32.3. The van der Waals surface area contributed by atoms with Crippen molar-refractivity contribution in [2.75, 3.05) is 45.8 Å². The lowest BCUT2D eigenvalue weighted by Crippen LogP contribution is -2.49. The molecule has 6 heteroatoms. The number of carbonyl (C=O) groups excluding carboxylic acids is 2. The number of likely N-dealkylation sites (N-methyl/N-ethyl adjacent to an activating group) is 1. The Morgan fingerprint density at radius 1 is 1.07 bits per heavy atom. The minimum Gasteiger partial charge on any atom is -0.354 e. The van der Waals surface area contributed by atoms with E-state index in [2.05, 4.69) is 22.0 Å². The molecule has 160 valence electrons. The molecule has 6 nitrogen and oxygen atoms in total. The molecule has 0 saturated carbocycles. The van der Waals surface area contributed by atoms with Gasteiger partial charge in [0.15, 0.2) is 0 Å². The molecule has 2 aliphatic rings. The van der Waals surface area contributed by atoms with Crippen molar-refractivity contribution in [1.82, 2.24) is 20.0 Å². The van der Waals surface area contributed by atoms with Crippen LogP contribution in [0, 0.1) is 0 Å². The third-order valence-corrected chi connectivity index (χ3v) is 6.18. The maximum atomic E-state index is 12.9. The minimum atomic E-state index is -0.349. The lowest BCUT2D eigenvalue weighted by atomic mass is 10.1. The van der Waals surface area contributed by atoms with Crippen molar-refractivity contribution in [3.63, 3.8) is 0 Å². The molecule has 1 atom stereocenters. The fourth-order valence-corrected chi connectivity index (χ4v) is 4.30. The highest BCUT2D eigenvalue weighted by Crippen LogP contribution is 2.20. The standard InChI is InChI=1S/C23H36N4O2/c1-2-25-15-17-26(18-16-25)14-8-13-24-23(29)21-11-6-7-12-22(28)27(21)19-20-9-4-3-5-10-20/h3-5,9-10,21H,2,6-8,11-19H2,1H3,(H,24,29). The molecule has 0 aromatic heterocycles. The van der Waals surface area contributed by atoms with E-state index in [0.29, 0.717) is 19.5 Å². The largest absolute Gasteiger partial charge is 0.354 e. The molecule has 29 heavy (non-hydrogen) atoms. The average molecular weight is 401 g/mol. The van der Waals surface area contributed by atoms with Gasteiger partial charge < -0.3 is 20.0 Å². The Morgan fingerprint density at radius 2 is 1.79 bits per heavy atom. The van der Waals surface area contributed by atoms with Gasteiger partial charge in [0.05, 0.1) is 0 Å². The van der Waals surface area contributed by atoms with Crippen LogP contribution in [0.4, 0.5) is 0 Å². The number of rotatable bonds is 8. The Labute approximate surface area is 175 Å². The second-order valence-corrected chi connectivity index (χ2v) is 8.19.